The third kappa shape index (κ3) is 3.34. The monoisotopic (exact) mass is 366 g/mol. The third-order valence-corrected chi connectivity index (χ3v) is 5.00. The first-order chi connectivity index (χ1) is 13.0. The maximum atomic E-state index is 12.8. The predicted octanol–water partition coefficient (Wildman–Crippen LogP) is 0.625. The van der Waals surface area contributed by atoms with Gasteiger partial charge in [0.2, 0.25) is 11.8 Å². The van der Waals surface area contributed by atoms with Crippen molar-refractivity contribution in [3.63, 3.8) is 0 Å². The van der Waals surface area contributed by atoms with Gasteiger partial charge in [-0.1, -0.05) is 6.07 Å². The summed E-state index contributed by atoms with van der Waals surface area (Å²) in [7, 11) is 3.91. The Morgan fingerprint density at radius 3 is 2.81 bits per heavy atom. The van der Waals surface area contributed by atoms with Gasteiger partial charge in [0.15, 0.2) is 5.82 Å². The molecule has 0 radical (unpaired) electrons. The molecule has 0 aromatic carbocycles. The van der Waals surface area contributed by atoms with Crippen LogP contribution in [0.15, 0.2) is 24.4 Å². The van der Waals surface area contributed by atoms with Crippen LogP contribution in [0.25, 0.3) is 11.5 Å². The van der Waals surface area contributed by atoms with E-state index in [9.17, 15) is 9.59 Å². The van der Waals surface area contributed by atoms with Gasteiger partial charge in [-0.3, -0.25) is 14.6 Å². The largest absolute Gasteiger partial charge is 0.362 e. The van der Waals surface area contributed by atoms with Crippen molar-refractivity contribution in [2.45, 2.75) is 19.4 Å². The minimum atomic E-state index is -0.274. The highest BCUT2D eigenvalue weighted by Crippen LogP contribution is 2.29. The van der Waals surface area contributed by atoms with E-state index in [0.29, 0.717) is 37.6 Å². The van der Waals surface area contributed by atoms with Crippen molar-refractivity contribution in [3.05, 3.63) is 35.7 Å². The van der Waals surface area contributed by atoms with Crippen LogP contribution in [0, 0.1) is 5.92 Å². The Kier molecular flexibility index (Phi) is 4.47. The van der Waals surface area contributed by atoms with Gasteiger partial charge in [0.05, 0.1) is 18.2 Å². The molecule has 0 spiro atoms. The van der Waals surface area contributed by atoms with E-state index in [2.05, 4.69) is 10.3 Å². The Labute approximate surface area is 157 Å². The van der Waals surface area contributed by atoms with E-state index in [0.717, 1.165) is 17.1 Å². The molecule has 0 unspecified atom stereocenters. The fraction of sp³-hybridized carbons (Fsp3) is 0.421. The second-order valence-corrected chi connectivity index (χ2v) is 7.12. The molecule has 1 fully saturated rings. The summed E-state index contributed by atoms with van der Waals surface area (Å²) in [6, 6.07) is 5.63. The second-order valence-electron chi connectivity index (χ2n) is 7.12. The average molecular weight is 366 g/mol. The molecule has 1 N–H and O–H groups in total. The SMILES string of the molecule is CN(C)c1nc(-c2ccccn2)nc2c1CCN(C(=O)[C@@H]1CNC(=O)C1)C2. The van der Waals surface area contributed by atoms with Crippen LogP contribution in [0.4, 0.5) is 5.82 Å². The quantitative estimate of drug-likeness (QED) is 0.857. The van der Waals surface area contributed by atoms with Crippen LogP contribution in [0.3, 0.4) is 0 Å². The maximum absolute atomic E-state index is 12.8. The number of rotatable bonds is 3. The number of carbonyl (C=O) groups excluding carboxylic acids is 2. The molecule has 2 amide bonds. The fourth-order valence-electron chi connectivity index (χ4n) is 3.62. The molecule has 0 saturated carbocycles. The number of hydrogen-bond donors (Lipinski definition) is 1. The summed E-state index contributed by atoms with van der Waals surface area (Å²) in [6.07, 6.45) is 2.69. The molecule has 2 aromatic heterocycles. The molecule has 4 rings (SSSR count). The van der Waals surface area contributed by atoms with E-state index in [1.54, 1.807) is 6.20 Å². The maximum Gasteiger partial charge on any atom is 0.228 e. The number of aromatic nitrogens is 3. The van der Waals surface area contributed by atoms with E-state index in [4.69, 9.17) is 9.97 Å². The zero-order valence-corrected chi connectivity index (χ0v) is 15.5. The van der Waals surface area contributed by atoms with Gasteiger partial charge in [0, 0.05) is 45.4 Å². The third-order valence-electron chi connectivity index (χ3n) is 5.00. The summed E-state index contributed by atoms with van der Waals surface area (Å²) in [4.78, 5) is 41.8. The van der Waals surface area contributed by atoms with Crippen LogP contribution in [0.1, 0.15) is 17.7 Å². The molecule has 2 aliphatic rings. The molecule has 140 valence electrons. The van der Waals surface area contributed by atoms with E-state index >= 15 is 0 Å². The Morgan fingerprint density at radius 1 is 1.30 bits per heavy atom. The normalized spacial score (nSPS) is 18.8. The topological polar surface area (TPSA) is 91.3 Å². The summed E-state index contributed by atoms with van der Waals surface area (Å²) >= 11 is 0. The first-order valence-electron chi connectivity index (χ1n) is 9.07. The lowest BCUT2D eigenvalue weighted by Gasteiger charge is -2.32. The lowest BCUT2D eigenvalue weighted by atomic mass is 10.0. The number of pyridine rings is 1. The molecule has 0 aliphatic carbocycles. The number of fused-ring (bicyclic) bond motifs is 1. The van der Waals surface area contributed by atoms with Crippen molar-refractivity contribution in [1.82, 2.24) is 25.2 Å². The van der Waals surface area contributed by atoms with E-state index in [1.807, 2.05) is 42.1 Å². The highest BCUT2D eigenvalue weighted by atomic mass is 16.2. The zero-order valence-electron chi connectivity index (χ0n) is 15.5. The first kappa shape index (κ1) is 17.4. The lowest BCUT2D eigenvalue weighted by Crippen LogP contribution is -2.41. The van der Waals surface area contributed by atoms with E-state index in [1.165, 1.54) is 0 Å². The summed E-state index contributed by atoms with van der Waals surface area (Å²) in [5.41, 5.74) is 2.63. The molecule has 8 heteroatoms. The number of carbonyl (C=O) groups is 2. The highest BCUT2D eigenvalue weighted by Gasteiger charge is 2.34. The zero-order chi connectivity index (χ0) is 19.0. The summed E-state index contributed by atoms with van der Waals surface area (Å²) in [5, 5.41) is 2.74. The van der Waals surface area contributed by atoms with E-state index in [-0.39, 0.29) is 24.2 Å². The van der Waals surface area contributed by atoms with Crippen molar-refractivity contribution < 1.29 is 9.59 Å². The molecular weight excluding hydrogens is 344 g/mol. The summed E-state index contributed by atoms with van der Waals surface area (Å²) < 4.78 is 0. The molecule has 2 aliphatic heterocycles. The van der Waals surface area contributed by atoms with Gasteiger partial charge >= 0.3 is 0 Å². The van der Waals surface area contributed by atoms with Crippen molar-refractivity contribution >= 4 is 17.6 Å². The van der Waals surface area contributed by atoms with Gasteiger partial charge in [-0.25, -0.2) is 9.97 Å². The van der Waals surface area contributed by atoms with Crippen molar-refractivity contribution in [3.8, 4) is 11.5 Å². The molecular formula is C19H22N6O2. The Balaban J connectivity index is 1.66. The summed E-state index contributed by atoms with van der Waals surface area (Å²) in [5.74, 6) is 1.11. The Bertz CT molecular complexity index is 883. The van der Waals surface area contributed by atoms with Crippen LogP contribution in [-0.4, -0.2) is 58.9 Å². The van der Waals surface area contributed by atoms with Crippen LogP contribution >= 0.6 is 0 Å². The molecule has 1 atom stereocenters. The smallest absolute Gasteiger partial charge is 0.228 e. The van der Waals surface area contributed by atoms with Crippen molar-refractivity contribution in [1.29, 1.82) is 0 Å². The second kappa shape index (κ2) is 6.94. The van der Waals surface area contributed by atoms with Crippen molar-refractivity contribution in [2.75, 3.05) is 32.1 Å². The number of hydrogen-bond acceptors (Lipinski definition) is 6. The Hall–Kier alpha value is -3.03. The van der Waals surface area contributed by atoms with Gasteiger partial charge in [0.25, 0.3) is 0 Å². The van der Waals surface area contributed by atoms with Crippen LogP contribution in [0.5, 0.6) is 0 Å². The van der Waals surface area contributed by atoms with Gasteiger partial charge < -0.3 is 15.1 Å². The predicted molar refractivity (Wildman–Crippen MR) is 99.8 cm³/mol. The number of nitrogens with zero attached hydrogens (tertiary/aromatic N) is 5. The number of nitrogens with one attached hydrogen (secondary N) is 1. The van der Waals surface area contributed by atoms with Gasteiger partial charge in [-0.15, -0.1) is 0 Å². The Morgan fingerprint density at radius 2 is 2.15 bits per heavy atom. The first-order valence-corrected chi connectivity index (χ1v) is 9.07. The molecule has 8 nitrogen and oxygen atoms in total. The minimum Gasteiger partial charge on any atom is -0.362 e. The van der Waals surface area contributed by atoms with Crippen molar-refractivity contribution in [2.24, 2.45) is 5.92 Å². The standard InChI is InChI=1S/C19H22N6O2/c1-24(2)18-13-6-8-25(19(27)12-9-16(26)21-10-12)11-15(13)22-17(23-18)14-5-3-4-7-20-14/h3-5,7,12H,6,8-11H2,1-2H3,(H,21,26)/t12-/m0/s1. The lowest BCUT2D eigenvalue weighted by molar-refractivity contribution is -0.136. The molecule has 2 aromatic rings. The number of anilines is 1. The summed E-state index contributed by atoms with van der Waals surface area (Å²) in [6.45, 7) is 1.47. The number of amides is 2. The molecule has 4 heterocycles. The van der Waals surface area contributed by atoms with Gasteiger partial charge in [-0.2, -0.15) is 0 Å². The van der Waals surface area contributed by atoms with Crippen LogP contribution in [-0.2, 0) is 22.6 Å². The molecule has 27 heavy (non-hydrogen) atoms. The van der Waals surface area contributed by atoms with E-state index < -0.39 is 0 Å². The van der Waals surface area contributed by atoms with Crippen LogP contribution in [0.2, 0.25) is 0 Å². The van der Waals surface area contributed by atoms with Crippen LogP contribution < -0.4 is 10.2 Å². The fourth-order valence-corrected chi connectivity index (χ4v) is 3.62. The minimum absolute atomic E-state index is 0.0170. The molecule has 0 bridgehead atoms. The van der Waals surface area contributed by atoms with Gasteiger partial charge in [-0.05, 0) is 18.6 Å². The average Bonchev–Trinajstić information content (AvgIpc) is 3.13. The highest BCUT2D eigenvalue weighted by molar-refractivity contribution is 5.89. The van der Waals surface area contributed by atoms with Gasteiger partial charge in [0.1, 0.15) is 11.5 Å². The molecule has 1 saturated heterocycles.